The molecule has 216 valence electrons. The van der Waals surface area contributed by atoms with E-state index in [-0.39, 0.29) is 16.6 Å². The maximum atomic E-state index is 15.3. The average Bonchev–Trinajstić information content (AvgIpc) is 3.11. The normalized spacial score (nSPS) is 25.4. The molecule has 2 aromatic rings. The first kappa shape index (κ1) is 30.9. The highest BCUT2D eigenvalue weighted by atomic mass is 35.5. The maximum absolute atomic E-state index is 15.3. The fourth-order valence-corrected chi connectivity index (χ4v) is 5.20. The van der Waals surface area contributed by atoms with Crippen LogP contribution in [-0.2, 0) is 23.4 Å². The molecule has 3 rings (SSSR count). The van der Waals surface area contributed by atoms with Gasteiger partial charge >= 0.3 is 19.4 Å². The lowest BCUT2D eigenvalue weighted by Gasteiger charge is -2.31. The Balaban J connectivity index is 1.92. The summed E-state index contributed by atoms with van der Waals surface area (Å²) in [5.74, 6) is -1.29. The monoisotopic (exact) mass is 598 g/mol. The van der Waals surface area contributed by atoms with Crippen LogP contribution in [0.2, 0.25) is 5.02 Å². The lowest BCUT2D eigenvalue weighted by Crippen LogP contribution is -2.51. The first-order valence-corrected chi connectivity index (χ1v) is 13.4. The summed E-state index contributed by atoms with van der Waals surface area (Å²) in [6.07, 6.45) is -10.6. The van der Waals surface area contributed by atoms with E-state index in [9.17, 15) is 28.0 Å². The van der Waals surface area contributed by atoms with Crippen LogP contribution in [0.3, 0.4) is 0 Å². The number of carbonyl (C=O) groups excluding carboxylic acids is 1. The predicted octanol–water partition coefficient (Wildman–Crippen LogP) is 2.84. The third kappa shape index (κ3) is 6.91. The Hall–Kier alpha value is -2.68. The lowest BCUT2D eigenvalue weighted by atomic mass is 9.98. The number of rotatable bonds is 11. The fourth-order valence-electron chi connectivity index (χ4n) is 3.52. The van der Waals surface area contributed by atoms with Crippen molar-refractivity contribution in [2.24, 2.45) is 0 Å². The van der Waals surface area contributed by atoms with Crippen molar-refractivity contribution in [3.63, 3.8) is 0 Å². The van der Waals surface area contributed by atoms with Crippen LogP contribution in [0.4, 0.5) is 19.0 Å². The number of nitrogens with one attached hydrogen (secondary N) is 1. The van der Waals surface area contributed by atoms with Crippen LogP contribution in [0, 0.1) is 0 Å². The van der Waals surface area contributed by atoms with E-state index in [1.165, 1.54) is 31.2 Å². The first-order chi connectivity index (χ1) is 18.2. The quantitative estimate of drug-likeness (QED) is 0.257. The van der Waals surface area contributed by atoms with Gasteiger partial charge in [-0.25, -0.2) is 22.5 Å². The number of benzene rings is 1. The predicted molar refractivity (Wildman–Crippen MR) is 132 cm³/mol. The summed E-state index contributed by atoms with van der Waals surface area (Å²) in [6, 6.07) is 6.05. The van der Waals surface area contributed by atoms with Gasteiger partial charge in [0.15, 0.2) is 18.0 Å². The lowest BCUT2D eigenvalue weighted by molar-refractivity contribution is -0.183. The topological polar surface area (TPSA) is 164 Å². The standard InChI is InChI=1S/C22H27ClF3N4O8P/c1-11(2)36-19(32)12(3)29-39(34,38-13-7-5-4-6-8-13)35-10-22(20(25)26)16(24)15(31)18(37-22)30-9-14(23)17(27)28-21(30)33/h4-9,11-12,15-16,18,20,31H,10H2,1-3H3,(H,29,34)(H2,27,28,33)/t12-,15+,16+,18+,22+,39?/m0/s1. The number of hydrogen-bond donors (Lipinski definition) is 3. The minimum Gasteiger partial charge on any atom is -0.462 e. The molecular weight excluding hydrogens is 572 g/mol. The van der Waals surface area contributed by atoms with Crippen LogP contribution in [0.1, 0.15) is 27.0 Å². The first-order valence-electron chi connectivity index (χ1n) is 11.5. The molecule has 1 aliphatic rings. The number of carbonyl (C=O) groups is 1. The number of nitrogens with two attached hydrogens (primary N) is 1. The molecule has 6 atom stereocenters. The molecule has 4 N–H and O–H groups in total. The van der Waals surface area contributed by atoms with Crippen molar-refractivity contribution >= 4 is 31.1 Å². The molecule has 1 aromatic heterocycles. The summed E-state index contributed by atoms with van der Waals surface area (Å²) >= 11 is 5.83. The van der Waals surface area contributed by atoms with Gasteiger partial charge in [-0.3, -0.25) is 13.9 Å². The van der Waals surface area contributed by atoms with E-state index in [2.05, 4.69) is 10.1 Å². The van der Waals surface area contributed by atoms with Crippen LogP contribution in [0.5, 0.6) is 5.75 Å². The number of alkyl halides is 3. The smallest absolute Gasteiger partial charge is 0.459 e. The van der Waals surface area contributed by atoms with E-state index in [0.717, 1.165) is 6.20 Å². The summed E-state index contributed by atoms with van der Waals surface area (Å²) in [6.45, 7) is 2.95. The average molecular weight is 599 g/mol. The molecule has 0 bridgehead atoms. The highest BCUT2D eigenvalue weighted by Crippen LogP contribution is 2.49. The van der Waals surface area contributed by atoms with Gasteiger partial charge < -0.3 is 24.8 Å². The Morgan fingerprint density at radius 1 is 1.33 bits per heavy atom. The van der Waals surface area contributed by atoms with Gasteiger partial charge in [-0.15, -0.1) is 0 Å². The molecule has 12 nitrogen and oxygen atoms in total. The summed E-state index contributed by atoms with van der Waals surface area (Å²) in [5.41, 5.74) is 1.03. The number of nitrogen functional groups attached to an aromatic ring is 1. The van der Waals surface area contributed by atoms with Crippen molar-refractivity contribution in [1.29, 1.82) is 0 Å². The molecule has 0 aliphatic carbocycles. The van der Waals surface area contributed by atoms with E-state index in [1.54, 1.807) is 19.9 Å². The number of ether oxygens (including phenoxy) is 2. The summed E-state index contributed by atoms with van der Waals surface area (Å²) in [5, 5.41) is 12.4. The van der Waals surface area contributed by atoms with Crippen LogP contribution < -0.4 is 21.0 Å². The van der Waals surface area contributed by atoms with E-state index >= 15 is 4.39 Å². The van der Waals surface area contributed by atoms with Crippen molar-refractivity contribution in [3.8, 4) is 5.75 Å². The van der Waals surface area contributed by atoms with Crippen molar-refractivity contribution < 1.29 is 46.2 Å². The summed E-state index contributed by atoms with van der Waals surface area (Å²) in [7, 11) is -4.72. The molecule has 1 fully saturated rings. The SMILES string of the molecule is CC(C)OC(=O)[C@H](C)NP(=O)(OC[C@@]1(C(F)F)O[C@@H](n2cc(Cl)c(N)nc2=O)[C@H](O)[C@H]1F)Oc1ccccc1. The van der Waals surface area contributed by atoms with Crippen molar-refractivity contribution in [2.45, 2.75) is 63.4 Å². The zero-order valence-corrected chi connectivity index (χ0v) is 22.5. The van der Waals surface area contributed by atoms with Gasteiger partial charge in [-0.2, -0.15) is 10.1 Å². The summed E-state index contributed by atoms with van der Waals surface area (Å²) < 4.78 is 78.9. The van der Waals surface area contributed by atoms with Crippen molar-refractivity contribution in [2.75, 3.05) is 12.3 Å². The van der Waals surface area contributed by atoms with Crippen LogP contribution in [0.15, 0.2) is 41.3 Å². The third-order valence-electron chi connectivity index (χ3n) is 5.46. The second-order valence-corrected chi connectivity index (χ2v) is 10.9. The van der Waals surface area contributed by atoms with Crippen LogP contribution in [0.25, 0.3) is 0 Å². The highest BCUT2D eigenvalue weighted by molar-refractivity contribution is 7.52. The third-order valence-corrected chi connectivity index (χ3v) is 7.38. The highest BCUT2D eigenvalue weighted by Gasteiger charge is 2.63. The molecule has 39 heavy (non-hydrogen) atoms. The molecule has 0 spiro atoms. The molecular formula is C22H27ClF3N4O8P. The minimum absolute atomic E-state index is 0.0416. The fraction of sp³-hybridized carbons (Fsp3) is 0.500. The molecule has 1 aromatic carbocycles. The Morgan fingerprint density at radius 2 is 1.97 bits per heavy atom. The number of esters is 1. The minimum atomic E-state index is -4.72. The largest absolute Gasteiger partial charge is 0.462 e. The number of halogens is 4. The zero-order valence-electron chi connectivity index (χ0n) is 20.9. The number of anilines is 1. The number of hydrogen-bond acceptors (Lipinski definition) is 10. The molecule has 1 unspecified atom stereocenters. The molecule has 2 heterocycles. The number of aromatic nitrogens is 2. The van der Waals surface area contributed by atoms with Gasteiger partial charge in [-0.05, 0) is 32.9 Å². The Morgan fingerprint density at radius 3 is 2.56 bits per heavy atom. The van der Waals surface area contributed by atoms with E-state index in [4.69, 9.17) is 35.9 Å². The Kier molecular flexibility index (Phi) is 9.68. The van der Waals surface area contributed by atoms with Gasteiger partial charge in [-0.1, -0.05) is 29.8 Å². The van der Waals surface area contributed by atoms with Gasteiger partial charge in [0, 0.05) is 6.20 Å². The molecule has 0 amide bonds. The number of aliphatic hydroxyl groups is 1. The van der Waals surface area contributed by atoms with Gasteiger partial charge in [0.2, 0.25) is 0 Å². The van der Waals surface area contributed by atoms with E-state index < -0.39 is 68.7 Å². The van der Waals surface area contributed by atoms with Gasteiger partial charge in [0.1, 0.15) is 23.7 Å². The zero-order chi connectivity index (χ0) is 29.1. The molecule has 0 radical (unpaired) electrons. The van der Waals surface area contributed by atoms with Crippen LogP contribution >= 0.6 is 19.3 Å². The van der Waals surface area contributed by atoms with E-state index in [0.29, 0.717) is 4.57 Å². The molecule has 1 aliphatic heterocycles. The molecule has 0 saturated carbocycles. The second kappa shape index (κ2) is 12.2. The van der Waals surface area contributed by atoms with Gasteiger partial charge in [0.05, 0.1) is 17.7 Å². The molecule has 1 saturated heterocycles. The van der Waals surface area contributed by atoms with Crippen molar-refractivity contribution in [3.05, 3.63) is 52.0 Å². The number of para-hydroxylation sites is 1. The van der Waals surface area contributed by atoms with Crippen molar-refractivity contribution in [1.82, 2.24) is 14.6 Å². The van der Waals surface area contributed by atoms with Gasteiger partial charge in [0.25, 0.3) is 6.43 Å². The second-order valence-electron chi connectivity index (χ2n) is 8.83. The Labute approximate surface area is 225 Å². The Bertz CT molecular complexity index is 1270. The molecule has 17 heteroatoms. The van der Waals surface area contributed by atoms with Crippen LogP contribution in [-0.4, -0.2) is 63.7 Å². The maximum Gasteiger partial charge on any atom is 0.459 e. The summed E-state index contributed by atoms with van der Waals surface area (Å²) in [4.78, 5) is 27.9. The van der Waals surface area contributed by atoms with E-state index in [1.807, 2.05) is 0 Å². The number of aliphatic hydroxyl groups excluding tert-OH is 1. The number of nitrogens with zero attached hydrogens (tertiary/aromatic N) is 2.